The van der Waals surface area contributed by atoms with Crippen molar-refractivity contribution in [2.24, 2.45) is 11.8 Å². The van der Waals surface area contributed by atoms with Gasteiger partial charge in [-0.05, 0) is 49.1 Å². The number of thiophene rings is 1. The van der Waals surface area contributed by atoms with E-state index in [1.165, 1.54) is 28.9 Å². The Hall–Kier alpha value is -1.89. The Balaban J connectivity index is 1.88. The van der Waals surface area contributed by atoms with Crippen molar-refractivity contribution < 1.29 is 23.9 Å². The number of nitrogens with one attached hydrogen (secondary N) is 1. The van der Waals surface area contributed by atoms with Crippen LogP contribution in [-0.2, 0) is 31.9 Å². The molecular weight excluding hydrogens is 354 g/mol. The second-order valence-electron chi connectivity index (χ2n) is 7.26. The van der Waals surface area contributed by atoms with Gasteiger partial charge in [-0.1, -0.05) is 20.8 Å². The van der Waals surface area contributed by atoms with Crippen LogP contribution >= 0.6 is 11.3 Å². The Bertz CT molecular complexity index is 667. The molecule has 1 amide bonds. The predicted octanol–water partition coefficient (Wildman–Crippen LogP) is 2.73. The van der Waals surface area contributed by atoms with Crippen LogP contribution in [0.5, 0.6) is 0 Å². The van der Waals surface area contributed by atoms with E-state index >= 15 is 0 Å². The van der Waals surface area contributed by atoms with Gasteiger partial charge in [0, 0.05) is 4.88 Å². The van der Waals surface area contributed by atoms with Crippen LogP contribution in [0, 0.1) is 11.8 Å². The molecule has 0 bridgehead atoms. The van der Waals surface area contributed by atoms with E-state index in [0.717, 1.165) is 19.3 Å². The Morgan fingerprint density at radius 3 is 2.73 bits per heavy atom. The zero-order valence-electron chi connectivity index (χ0n) is 15.8. The first-order chi connectivity index (χ1) is 12.3. The van der Waals surface area contributed by atoms with Crippen LogP contribution in [0.2, 0.25) is 0 Å². The lowest BCUT2D eigenvalue weighted by molar-refractivity contribution is -0.145. The van der Waals surface area contributed by atoms with Crippen LogP contribution in [-0.4, -0.2) is 37.6 Å². The Morgan fingerprint density at radius 1 is 1.35 bits per heavy atom. The highest BCUT2D eigenvalue weighted by atomic mass is 32.1. The molecule has 26 heavy (non-hydrogen) atoms. The Morgan fingerprint density at radius 2 is 2.08 bits per heavy atom. The Labute approximate surface area is 158 Å². The summed E-state index contributed by atoms with van der Waals surface area (Å²) in [6.07, 6.45) is 3.57. The molecule has 0 fully saturated rings. The number of hydrogen-bond donors (Lipinski definition) is 1. The summed E-state index contributed by atoms with van der Waals surface area (Å²) in [4.78, 5) is 37.8. The molecule has 144 valence electrons. The summed E-state index contributed by atoms with van der Waals surface area (Å²) in [5, 5.41) is 2.57. The first kappa shape index (κ1) is 20.4. The molecule has 0 aromatic carbocycles. The molecule has 1 aromatic rings. The summed E-state index contributed by atoms with van der Waals surface area (Å²) < 4.78 is 9.83. The molecule has 0 saturated carbocycles. The van der Waals surface area contributed by atoms with Crippen molar-refractivity contribution in [1.82, 2.24) is 5.32 Å². The normalized spacial score (nSPS) is 17.3. The van der Waals surface area contributed by atoms with Gasteiger partial charge in [-0.25, -0.2) is 9.59 Å². The molecule has 2 atom stereocenters. The smallest absolute Gasteiger partial charge is 0.348 e. The van der Waals surface area contributed by atoms with Crippen LogP contribution in [0.1, 0.15) is 53.7 Å². The quantitative estimate of drug-likeness (QED) is 0.735. The van der Waals surface area contributed by atoms with Gasteiger partial charge in [0.05, 0.1) is 7.11 Å². The molecule has 2 unspecified atom stereocenters. The fraction of sp³-hybridized carbons (Fsp3) is 0.632. The molecule has 0 spiro atoms. The van der Waals surface area contributed by atoms with Gasteiger partial charge in [0.15, 0.2) is 6.61 Å². The van der Waals surface area contributed by atoms with Crippen LogP contribution in [0.4, 0.5) is 0 Å². The maximum atomic E-state index is 12.2. The van der Waals surface area contributed by atoms with E-state index in [0.29, 0.717) is 17.2 Å². The standard InChI is InChI=1S/C19H27NO5S/c1-11(2)7-14(18(22)24-4)20-17(21)10-25-19(23)16-9-13-8-12(3)5-6-15(13)26-16/h9,11-12,14H,5-8,10H2,1-4H3,(H,20,21). The number of methoxy groups -OCH3 is 1. The zero-order valence-corrected chi connectivity index (χ0v) is 16.6. The van der Waals surface area contributed by atoms with Crippen LogP contribution in [0.15, 0.2) is 6.07 Å². The summed E-state index contributed by atoms with van der Waals surface area (Å²) in [5.74, 6) is -0.668. The number of hydrogen-bond acceptors (Lipinski definition) is 6. The maximum Gasteiger partial charge on any atom is 0.348 e. The summed E-state index contributed by atoms with van der Waals surface area (Å²) in [7, 11) is 1.28. The van der Waals surface area contributed by atoms with Gasteiger partial charge in [-0.3, -0.25) is 4.79 Å². The maximum absolute atomic E-state index is 12.2. The van der Waals surface area contributed by atoms with E-state index in [1.807, 2.05) is 19.9 Å². The first-order valence-electron chi connectivity index (χ1n) is 8.96. The molecular formula is C19H27NO5S. The molecule has 0 radical (unpaired) electrons. The third-order valence-electron chi connectivity index (χ3n) is 4.39. The van der Waals surface area contributed by atoms with Gasteiger partial charge in [0.2, 0.25) is 0 Å². The lowest BCUT2D eigenvalue weighted by Crippen LogP contribution is -2.44. The number of carbonyl (C=O) groups excluding carboxylic acids is 3. The monoisotopic (exact) mass is 381 g/mol. The SMILES string of the molecule is COC(=O)C(CC(C)C)NC(=O)COC(=O)c1cc2c(s1)CCC(C)C2. The molecule has 7 heteroatoms. The average molecular weight is 381 g/mol. The van der Waals surface area contributed by atoms with Crippen molar-refractivity contribution in [1.29, 1.82) is 0 Å². The highest BCUT2D eigenvalue weighted by Gasteiger charge is 2.24. The minimum atomic E-state index is -0.734. The molecule has 1 aliphatic rings. The highest BCUT2D eigenvalue weighted by molar-refractivity contribution is 7.14. The fourth-order valence-electron chi connectivity index (χ4n) is 3.07. The lowest BCUT2D eigenvalue weighted by atomic mass is 9.90. The van der Waals surface area contributed by atoms with Crippen LogP contribution in [0.3, 0.4) is 0 Å². The largest absolute Gasteiger partial charge is 0.467 e. The summed E-state index contributed by atoms with van der Waals surface area (Å²) in [5.41, 5.74) is 1.22. The third kappa shape index (κ3) is 5.56. The van der Waals surface area contributed by atoms with E-state index in [1.54, 1.807) is 0 Å². The number of rotatable bonds is 7. The second kappa shape index (κ2) is 9.16. The van der Waals surface area contributed by atoms with E-state index in [4.69, 9.17) is 9.47 Å². The second-order valence-corrected chi connectivity index (χ2v) is 8.39. The number of fused-ring (bicyclic) bond motifs is 1. The minimum Gasteiger partial charge on any atom is -0.467 e. The van der Waals surface area contributed by atoms with E-state index in [-0.39, 0.29) is 5.92 Å². The van der Waals surface area contributed by atoms with Crippen molar-refractivity contribution in [2.75, 3.05) is 13.7 Å². The van der Waals surface area contributed by atoms with Gasteiger partial charge in [0.1, 0.15) is 10.9 Å². The van der Waals surface area contributed by atoms with Gasteiger partial charge in [0.25, 0.3) is 5.91 Å². The summed E-state index contributed by atoms with van der Waals surface area (Å²) in [6.45, 7) is 5.68. The van der Waals surface area contributed by atoms with E-state index in [2.05, 4.69) is 12.2 Å². The van der Waals surface area contributed by atoms with Crippen molar-refractivity contribution >= 4 is 29.2 Å². The van der Waals surface area contributed by atoms with Crippen molar-refractivity contribution in [3.05, 3.63) is 21.4 Å². The van der Waals surface area contributed by atoms with Gasteiger partial charge >= 0.3 is 11.9 Å². The van der Waals surface area contributed by atoms with Crippen molar-refractivity contribution in [3.63, 3.8) is 0 Å². The van der Waals surface area contributed by atoms with Crippen LogP contribution in [0.25, 0.3) is 0 Å². The van der Waals surface area contributed by atoms with Crippen LogP contribution < -0.4 is 5.32 Å². The van der Waals surface area contributed by atoms with Crippen molar-refractivity contribution in [2.45, 2.75) is 52.5 Å². The highest BCUT2D eigenvalue weighted by Crippen LogP contribution is 2.32. The number of ether oxygens (including phenoxy) is 2. The molecule has 1 N–H and O–H groups in total. The molecule has 6 nitrogen and oxygen atoms in total. The Kier molecular flexibility index (Phi) is 7.20. The summed E-state index contributed by atoms with van der Waals surface area (Å²) in [6, 6.07) is 1.15. The predicted molar refractivity (Wildman–Crippen MR) is 99.2 cm³/mol. The molecule has 1 aliphatic carbocycles. The average Bonchev–Trinajstić information content (AvgIpc) is 3.01. The first-order valence-corrected chi connectivity index (χ1v) is 9.77. The molecule has 1 aromatic heterocycles. The molecule has 0 saturated heterocycles. The topological polar surface area (TPSA) is 81.7 Å². The number of amides is 1. The minimum absolute atomic E-state index is 0.210. The zero-order chi connectivity index (χ0) is 19.3. The van der Waals surface area contributed by atoms with Crippen molar-refractivity contribution in [3.8, 4) is 0 Å². The van der Waals surface area contributed by atoms with Gasteiger partial charge in [-0.2, -0.15) is 0 Å². The fourth-order valence-corrected chi connectivity index (χ4v) is 4.17. The number of esters is 2. The molecule has 0 aliphatic heterocycles. The van der Waals surface area contributed by atoms with E-state index in [9.17, 15) is 14.4 Å². The number of carbonyl (C=O) groups is 3. The molecule has 1 heterocycles. The summed E-state index contributed by atoms with van der Waals surface area (Å²) >= 11 is 1.45. The lowest BCUT2D eigenvalue weighted by Gasteiger charge is -2.18. The third-order valence-corrected chi connectivity index (χ3v) is 5.61. The van der Waals surface area contributed by atoms with Gasteiger partial charge < -0.3 is 14.8 Å². The van der Waals surface area contributed by atoms with Gasteiger partial charge in [-0.15, -0.1) is 11.3 Å². The van der Waals surface area contributed by atoms with E-state index < -0.39 is 30.5 Å². The molecule has 2 rings (SSSR count). The number of aryl methyl sites for hydroxylation is 1.